The number of ether oxygens (including phenoxy) is 2. The predicted octanol–water partition coefficient (Wildman–Crippen LogP) is 2.59. The van der Waals surface area contributed by atoms with E-state index in [4.69, 9.17) is 9.47 Å². The number of aromatic nitrogens is 2. The Hall–Kier alpha value is -2.84. The Morgan fingerprint density at radius 1 is 1.00 bits per heavy atom. The van der Waals surface area contributed by atoms with E-state index in [0.717, 1.165) is 22.8 Å². The lowest BCUT2D eigenvalue weighted by Crippen LogP contribution is -2.36. The lowest BCUT2D eigenvalue weighted by molar-refractivity contribution is 0.171. The van der Waals surface area contributed by atoms with Crippen LogP contribution in [-0.4, -0.2) is 42.4 Å². The fourth-order valence-corrected chi connectivity index (χ4v) is 4.96. The first-order valence-electron chi connectivity index (χ1n) is 9.14. The summed E-state index contributed by atoms with van der Waals surface area (Å²) in [6.07, 6.45) is 0.572. The molecule has 144 valence electrons. The van der Waals surface area contributed by atoms with Crippen molar-refractivity contribution in [1.82, 2.24) is 14.3 Å². The van der Waals surface area contributed by atoms with E-state index < -0.39 is 10.0 Å². The summed E-state index contributed by atoms with van der Waals surface area (Å²) >= 11 is 0. The van der Waals surface area contributed by atoms with Gasteiger partial charge in [0.15, 0.2) is 11.5 Å². The molecule has 1 N–H and O–H groups in total. The molecule has 0 radical (unpaired) electrons. The molecule has 3 aromatic rings. The van der Waals surface area contributed by atoms with Gasteiger partial charge in [-0.05, 0) is 12.1 Å². The van der Waals surface area contributed by atoms with Crippen molar-refractivity contribution in [2.45, 2.75) is 17.9 Å². The van der Waals surface area contributed by atoms with Gasteiger partial charge in [-0.25, -0.2) is 13.4 Å². The number of aromatic amines is 1. The molecule has 0 atom stereocenters. The Labute approximate surface area is 163 Å². The third kappa shape index (κ3) is 2.94. The third-order valence-corrected chi connectivity index (χ3v) is 6.84. The highest BCUT2D eigenvalue weighted by Crippen LogP contribution is 2.34. The Morgan fingerprint density at radius 3 is 2.61 bits per heavy atom. The molecule has 1 aromatic heterocycles. The van der Waals surface area contributed by atoms with Crippen LogP contribution in [-0.2, 0) is 23.0 Å². The maximum atomic E-state index is 13.2. The van der Waals surface area contributed by atoms with Gasteiger partial charge in [0, 0.05) is 24.6 Å². The lowest BCUT2D eigenvalue weighted by atomic mass is 10.2. The fourth-order valence-electron chi connectivity index (χ4n) is 3.54. The van der Waals surface area contributed by atoms with E-state index in [0.29, 0.717) is 37.7 Å². The van der Waals surface area contributed by atoms with Gasteiger partial charge in [-0.15, -0.1) is 0 Å². The maximum absolute atomic E-state index is 13.2. The van der Waals surface area contributed by atoms with Gasteiger partial charge in [-0.2, -0.15) is 4.31 Å². The van der Waals surface area contributed by atoms with Crippen LogP contribution in [0.15, 0.2) is 53.4 Å². The van der Waals surface area contributed by atoms with Crippen LogP contribution in [0.3, 0.4) is 0 Å². The van der Waals surface area contributed by atoms with Gasteiger partial charge >= 0.3 is 0 Å². The minimum Gasteiger partial charge on any atom is -0.486 e. The van der Waals surface area contributed by atoms with E-state index >= 15 is 0 Å². The van der Waals surface area contributed by atoms with Gasteiger partial charge in [0.25, 0.3) is 0 Å². The van der Waals surface area contributed by atoms with Crippen LogP contribution in [0.2, 0.25) is 0 Å². The number of fused-ring (bicyclic) bond motifs is 2. The SMILES string of the molecule is O=S(=O)(c1ccc2c(c1)OCCO2)N1CCc2nc(-c3ccccc3)[nH]c2C1. The molecule has 2 aliphatic rings. The Bertz CT molecular complexity index is 1130. The molecule has 2 aliphatic heterocycles. The smallest absolute Gasteiger partial charge is 0.243 e. The van der Waals surface area contributed by atoms with Crippen LogP contribution < -0.4 is 9.47 Å². The average Bonchev–Trinajstić information content (AvgIpc) is 3.17. The van der Waals surface area contributed by atoms with Crippen molar-refractivity contribution in [3.8, 4) is 22.9 Å². The van der Waals surface area contributed by atoms with Gasteiger partial charge in [0.2, 0.25) is 10.0 Å². The molecule has 7 nitrogen and oxygen atoms in total. The van der Waals surface area contributed by atoms with Crippen molar-refractivity contribution in [3.63, 3.8) is 0 Å². The summed E-state index contributed by atoms with van der Waals surface area (Å²) in [7, 11) is -3.64. The first-order chi connectivity index (χ1) is 13.6. The molecule has 0 spiro atoms. The first-order valence-corrected chi connectivity index (χ1v) is 10.6. The molecule has 0 bridgehead atoms. The summed E-state index contributed by atoms with van der Waals surface area (Å²) in [5, 5.41) is 0. The van der Waals surface area contributed by atoms with Gasteiger partial charge < -0.3 is 14.5 Å². The molecule has 0 aliphatic carbocycles. The summed E-state index contributed by atoms with van der Waals surface area (Å²) in [5.74, 6) is 1.81. The normalized spacial score (nSPS) is 16.6. The quantitative estimate of drug-likeness (QED) is 0.734. The highest BCUT2D eigenvalue weighted by Gasteiger charge is 2.31. The molecule has 5 rings (SSSR count). The van der Waals surface area contributed by atoms with Gasteiger partial charge in [-0.3, -0.25) is 0 Å². The molecule has 0 saturated heterocycles. The average molecular weight is 397 g/mol. The van der Waals surface area contributed by atoms with E-state index in [1.54, 1.807) is 18.2 Å². The van der Waals surface area contributed by atoms with E-state index in [1.807, 2.05) is 30.3 Å². The predicted molar refractivity (Wildman–Crippen MR) is 103 cm³/mol. The van der Waals surface area contributed by atoms with Crippen LogP contribution >= 0.6 is 0 Å². The first kappa shape index (κ1) is 17.3. The molecule has 28 heavy (non-hydrogen) atoms. The van der Waals surface area contributed by atoms with E-state index in [2.05, 4.69) is 9.97 Å². The van der Waals surface area contributed by atoms with Crippen LogP contribution in [0.1, 0.15) is 11.4 Å². The van der Waals surface area contributed by atoms with Crippen molar-refractivity contribution in [1.29, 1.82) is 0 Å². The maximum Gasteiger partial charge on any atom is 0.243 e. The zero-order valence-corrected chi connectivity index (χ0v) is 15.9. The Kier molecular flexibility index (Phi) is 4.10. The number of nitrogens with one attached hydrogen (secondary N) is 1. The minimum absolute atomic E-state index is 0.211. The largest absolute Gasteiger partial charge is 0.486 e. The highest BCUT2D eigenvalue weighted by atomic mass is 32.2. The van der Waals surface area contributed by atoms with Crippen LogP contribution in [0, 0.1) is 0 Å². The summed E-state index contributed by atoms with van der Waals surface area (Å²) < 4.78 is 38.8. The second-order valence-corrected chi connectivity index (χ2v) is 8.71. The topological polar surface area (TPSA) is 84.5 Å². The fraction of sp³-hybridized carbons (Fsp3) is 0.250. The lowest BCUT2D eigenvalue weighted by Gasteiger charge is -2.26. The van der Waals surface area contributed by atoms with E-state index in [9.17, 15) is 8.42 Å². The second-order valence-electron chi connectivity index (χ2n) is 6.77. The van der Waals surface area contributed by atoms with Crippen molar-refractivity contribution in [3.05, 3.63) is 59.9 Å². The Morgan fingerprint density at radius 2 is 1.79 bits per heavy atom. The van der Waals surface area contributed by atoms with Crippen molar-refractivity contribution >= 4 is 10.0 Å². The van der Waals surface area contributed by atoms with E-state index in [-0.39, 0.29) is 11.4 Å². The summed E-state index contributed by atoms with van der Waals surface area (Å²) in [6.45, 7) is 1.55. The third-order valence-electron chi connectivity index (χ3n) is 5.00. The van der Waals surface area contributed by atoms with Crippen molar-refractivity contribution in [2.24, 2.45) is 0 Å². The van der Waals surface area contributed by atoms with Gasteiger partial charge in [-0.1, -0.05) is 30.3 Å². The molecule has 8 heteroatoms. The monoisotopic (exact) mass is 397 g/mol. The highest BCUT2D eigenvalue weighted by molar-refractivity contribution is 7.89. The zero-order valence-electron chi connectivity index (χ0n) is 15.1. The van der Waals surface area contributed by atoms with Crippen LogP contribution in [0.4, 0.5) is 0 Å². The number of nitrogens with zero attached hydrogens (tertiary/aromatic N) is 2. The standard InChI is InChI=1S/C20H19N3O4S/c24-28(25,15-6-7-18-19(12-15)27-11-10-26-18)23-9-8-16-17(13-23)22-20(21-16)14-4-2-1-3-5-14/h1-7,12H,8-11,13H2,(H,21,22). The molecule has 0 saturated carbocycles. The molecular weight excluding hydrogens is 378 g/mol. The molecule has 0 fully saturated rings. The number of imidazole rings is 1. The number of hydrogen-bond acceptors (Lipinski definition) is 5. The molecular formula is C20H19N3O4S. The van der Waals surface area contributed by atoms with Crippen molar-refractivity contribution in [2.75, 3.05) is 19.8 Å². The summed E-state index contributed by atoms with van der Waals surface area (Å²) in [6, 6.07) is 14.6. The van der Waals surface area contributed by atoms with Gasteiger partial charge in [0.05, 0.1) is 22.8 Å². The zero-order chi connectivity index (χ0) is 19.1. The number of rotatable bonds is 3. The Balaban J connectivity index is 1.43. The van der Waals surface area contributed by atoms with Gasteiger partial charge in [0.1, 0.15) is 19.0 Å². The number of benzene rings is 2. The molecule has 0 unspecified atom stereocenters. The second kappa shape index (κ2) is 6.65. The van der Waals surface area contributed by atoms with Crippen molar-refractivity contribution < 1.29 is 17.9 Å². The number of H-pyrrole nitrogens is 1. The summed E-state index contributed by atoms with van der Waals surface area (Å²) in [4.78, 5) is 8.16. The molecule has 0 amide bonds. The number of hydrogen-bond donors (Lipinski definition) is 1. The van der Waals surface area contributed by atoms with E-state index in [1.165, 1.54) is 4.31 Å². The number of sulfonamides is 1. The molecule has 2 aromatic carbocycles. The van der Waals surface area contributed by atoms with Crippen LogP contribution in [0.5, 0.6) is 11.5 Å². The minimum atomic E-state index is -3.64. The summed E-state index contributed by atoms with van der Waals surface area (Å²) in [5.41, 5.74) is 2.75. The van der Waals surface area contributed by atoms with Crippen LogP contribution in [0.25, 0.3) is 11.4 Å². The molecule has 3 heterocycles.